The van der Waals surface area contributed by atoms with Gasteiger partial charge in [0, 0.05) is 25.1 Å². The zero-order valence-electron chi connectivity index (χ0n) is 13.8. The maximum atomic E-state index is 12.2. The van der Waals surface area contributed by atoms with E-state index in [9.17, 15) is 4.79 Å². The van der Waals surface area contributed by atoms with Gasteiger partial charge in [-0.3, -0.25) is 19.9 Å². The highest BCUT2D eigenvalue weighted by Crippen LogP contribution is 2.25. The summed E-state index contributed by atoms with van der Waals surface area (Å²) in [6.07, 6.45) is 2.17. The first-order valence-electron chi connectivity index (χ1n) is 8.15. The quantitative estimate of drug-likeness (QED) is 0.726. The molecule has 1 aliphatic heterocycles. The predicted molar refractivity (Wildman–Crippen MR) is 86.7 cm³/mol. The topological polar surface area (TPSA) is 108 Å². The monoisotopic (exact) mass is 328 g/mol. The molecule has 9 nitrogen and oxygen atoms in total. The number of fused-ring (bicyclic) bond motifs is 1. The lowest BCUT2D eigenvalue weighted by molar-refractivity contribution is 0.194. The van der Waals surface area contributed by atoms with Crippen LogP contribution in [0.5, 0.6) is 0 Å². The second kappa shape index (κ2) is 5.82. The first kappa shape index (κ1) is 15.0. The van der Waals surface area contributed by atoms with Gasteiger partial charge >= 0.3 is 0 Å². The molecule has 0 bridgehead atoms. The summed E-state index contributed by atoms with van der Waals surface area (Å²) in [5.74, 6) is 3.14. The molecule has 2 N–H and O–H groups in total. The number of hydrogen-bond donors (Lipinski definition) is 2. The van der Waals surface area contributed by atoms with E-state index in [1.54, 1.807) is 6.07 Å². The molecule has 1 unspecified atom stereocenters. The molecule has 1 aliphatic rings. The van der Waals surface area contributed by atoms with Crippen LogP contribution in [-0.2, 0) is 6.54 Å². The van der Waals surface area contributed by atoms with Crippen molar-refractivity contribution in [3.63, 3.8) is 0 Å². The summed E-state index contributed by atoms with van der Waals surface area (Å²) in [6.45, 7) is 6.22. The van der Waals surface area contributed by atoms with Gasteiger partial charge in [0.1, 0.15) is 11.6 Å². The lowest BCUT2D eigenvalue weighted by atomic mass is 9.97. The van der Waals surface area contributed by atoms with Crippen molar-refractivity contribution in [2.75, 3.05) is 13.1 Å². The van der Waals surface area contributed by atoms with Crippen molar-refractivity contribution in [1.29, 1.82) is 0 Å². The van der Waals surface area contributed by atoms with Gasteiger partial charge in [0.05, 0.1) is 5.69 Å². The van der Waals surface area contributed by atoms with E-state index in [2.05, 4.69) is 35.1 Å². The molecule has 1 atom stereocenters. The van der Waals surface area contributed by atoms with E-state index < -0.39 is 0 Å². The van der Waals surface area contributed by atoms with Crippen LogP contribution in [0.2, 0.25) is 0 Å². The van der Waals surface area contributed by atoms with Gasteiger partial charge in [-0.25, -0.2) is 9.97 Å². The molecule has 126 valence electrons. The zero-order valence-corrected chi connectivity index (χ0v) is 13.8. The van der Waals surface area contributed by atoms with Crippen molar-refractivity contribution < 1.29 is 0 Å². The molecular weight excluding hydrogens is 308 g/mol. The van der Waals surface area contributed by atoms with E-state index in [0.29, 0.717) is 24.1 Å². The number of aryl methyl sites for hydroxylation is 2. The highest BCUT2D eigenvalue weighted by atomic mass is 16.1. The van der Waals surface area contributed by atoms with Crippen molar-refractivity contribution in [2.45, 2.75) is 39.2 Å². The van der Waals surface area contributed by atoms with Crippen LogP contribution in [0.25, 0.3) is 5.78 Å². The van der Waals surface area contributed by atoms with Gasteiger partial charge in [0.25, 0.3) is 11.3 Å². The fourth-order valence-corrected chi connectivity index (χ4v) is 3.30. The Morgan fingerprint density at radius 3 is 2.92 bits per heavy atom. The van der Waals surface area contributed by atoms with Crippen LogP contribution in [0.1, 0.15) is 41.9 Å². The molecule has 4 rings (SSSR count). The number of likely N-dealkylation sites (tertiary alicyclic amines) is 1. The number of H-pyrrole nitrogens is 2. The molecule has 3 aromatic rings. The Morgan fingerprint density at radius 1 is 1.25 bits per heavy atom. The van der Waals surface area contributed by atoms with Gasteiger partial charge in [-0.15, -0.1) is 0 Å². The van der Waals surface area contributed by atoms with Crippen LogP contribution in [0.3, 0.4) is 0 Å². The van der Waals surface area contributed by atoms with Gasteiger partial charge in [0.2, 0.25) is 0 Å². The summed E-state index contributed by atoms with van der Waals surface area (Å²) in [7, 11) is 0. The van der Waals surface area contributed by atoms with Crippen LogP contribution in [0, 0.1) is 13.8 Å². The molecular formula is C15H20N8O. The highest BCUT2D eigenvalue weighted by Gasteiger charge is 2.24. The average molecular weight is 328 g/mol. The molecule has 1 fully saturated rings. The van der Waals surface area contributed by atoms with Crippen molar-refractivity contribution in [3.05, 3.63) is 39.6 Å². The number of rotatable bonds is 3. The smallest absolute Gasteiger partial charge is 0.274 e. The first-order valence-corrected chi connectivity index (χ1v) is 8.15. The Bertz CT molecular complexity index is 923. The first-order chi connectivity index (χ1) is 11.6. The maximum Gasteiger partial charge on any atom is 0.274 e. The van der Waals surface area contributed by atoms with Gasteiger partial charge in [0.15, 0.2) is 5.82 Å². The molecule has 24 heavy (non-hydrogen) atoms. The third-order valence-corrected chi connectivity index (χ3v) is 4.37. The number of nitrogens with zero attached hydrogens (tertiary/aromatic N) is 6. The Labute approximate surface area is 138 Å². The predicted octanol–water partition coefficient (Wildman–Crippen LogP) is 0.532. The lowest BCUT2D eigenvalue weighted by Crippen LogP contribution is -2.35. The van der Waals surface area contributed by atoms with E-state index in [4.69, 9.17) is 0 Å². The number of piperidine rings is 1. The summed E-state index contributed by atoms with van der Waals surface area (Å²) in [5, 5.41) is 10.1. The molecule has 0 amide bonds. The van der Waals surface area contributed by atoms with Gasteiger partial charge < -0.3 is 0 Å². The van der Waals surface area contributed by atoms with Crippen molar-refractivity contribution in [3.8, 4) is 0 Å². The molecule has 0 aliphatic carbocycles. The second-order valence-electron chi connectivity index (χ2n) is 6.38. The Kier molecular flexibility index (Phi) is 3.64. The SMILES string of the molecule is Cc1nc(C2CCCN(Cc3cc(=O)n4[nH]c(C)nc4n3)C2)n[nH]1. The Balaban J connectivity index is 1.53. The van der Waals surface area contributed by atoms with Crippen LogP contribution < -0.4 is 5.56 Å². The molecule has 1 saturated heterocycles. The number of aromatic amines is 2. The van der Waals surface area contributed by atoms with E-state index in [1.165, 1.54) is 4.52 Å². The van der Waals surface area contributed by atoms with E-state index in [1.807, 2.05) is 13.8 Å². The summed E-state index contributed by atoms with van der Waals surface area (Å²) in [6, 6.07) is 1.57. The minimum Gasteiger partial charge on any atom is -0.297 e. The fraction of sp³-hybridized carbons (Fsp3) is 0.533. The fourth-order valence-electron chi connectivity index (χ4n) is 3.30. The summed E-state index contributed by atoms with van der Waals surface area (Å²) in [4.78, 5) is 27.7. The minimum atomic E-state index is -0.131. The second-order valence-corrected chi connectivity index (χ2v) is 6.38. The third-order valence-electron chi connectivity index (χ3n) is 4.37. The van der Waals surface area contributed by atoms with E-state index in [-0.39, 0.29) is 5.56 Å². The maximum absolute atomic E-state index is 12.2. The Hall–Kier alpha value is -2.55. The number of aromatic nitrogens is 7. The van der Waals surface area contributed by atoms with Crippen LogP contribution in [0.15, 0.2) is 10.9 Å². The summed E-state index contributed by atoms with van der Waals surface area (Å²) in [5.41, 5.74) is 0.618. The molecule has 0 saturated carbocycles. The van der Waals surface area contributed by atoms with E-state index in [0.717, 1.165) is 43.3 Å². The largest absolute Gasteiger partial charge is 0.297 e. The lowest BCUT2D eigenvalue weighted by Gasteiger charge is -2.30. The molecule has 3 aromatic heterocycles. The van der Waals surface area contributed by atoms with Crippen LogP contribution in [-0.4, -0.2) is 52.8 Å². The van der Waals surface area contributed by atoms with Crippen LogP contribution in [0.4, 0.5) is 0 Å². The standard InChI is InChI=1S/C15H20N8O/c1-9-16-14(20-19-9)11-4-3-5-22(7-11)8-12-6-13(24)23-15(18-12)17-10(2)21-23/h6,11H,3-5,7-8H2,1-2H3,(H,16,19,20)(H,17,18,21). The van der Waals surface area contributed by atoms with Gasteiger partial charge in [-0.05, 0) is 33.2 Å². The number of hydrogen-bond acceptors (Lipinski definition) is 6. The highest BCUT2D eigenvalue weighted by molar-refractivity contribution is 5.27. The summed E-state index contributed by atoms with van der Waals surface area (Å²) < 4.78 is 1.37. The van der Waals surface area contributed by atoms with Crippen molar-refractivity contribution in [2.24, 2.45) is 0 Å². The van der Waals surface area contributed by atoms with Gasteiger partial charge in [-0.2, -0.15) is 14.6 Å². The number of nitrogens with one attached hydrogen (secondary N) is 2. The third kappa shape index (κ3) is 2.82. The van der Waals surface area contributed by atoms with Gasteiger partial charge in [-0.1, -0.05) is 0 Å². The molecule has 0 radical (unpaired) electrons. The minimum absolute atomic E-state index is 0.131. The molecule has 9 heteroatoms. The Morgan fingerprint density at radius 2 is 2.12 bits per heavy atom. The normalized spacial score (nSPS) is 19.2. The zero-order chi connectivity index (χ0) is 16.7. The molecule has 4 heterocycles. The summed E-state index contributed by atoms with van der Waals surface area (Å²) >= 11 is 0. The van der Waals surface area contributed by atoms with Crippen LogP contribution >= 0.6 is 0 Å². The van der Waals surface area contributed by atoms with Crippen molar-refractivity contribution >= 4 is 5.78 Å². The molecule has 0 spiro atoms. The van der Waals surface area contributed by atoms with E-state index >= 15 is 0 Å². The molecule has 0 aromatic carbocycles. The van der Waals surface area contributed by atoms with Crippen molar-refractivity contribution in [1.82, 2.24) is 39.7 Å². The average Bonchev–Trinajstić information content (AvgIpc) is 3.13.